The van der Waals surface area contributed by atoms with Crippen LogP contribution in [0.25, 0.3) is 0 Å². The van der Waals surface area contributed by atoms with E-state index >= 15 is 0 Å². The third-order valence-electron chi connectivity index (χ3n) is 3.77. The summed E-state index contributed by atoms with van der Waals surface area (Å²) in [6.07, 6.45) is 7.76. The highest BCUT2D eigenvalue weighted by atomic mass is 16.2. The molecule has 0 aromatic rings. The highest BCUT2D eigenvalue weighted by molar-refractivity contribution is 5.73. The van der Waals surface area contributed by atoms with Crippen molar-refractivity contribution in [3.05, 3.63) is 0 Å². The van der Waals surface area contributed by atoms with Gasteiger partial charge in [0.25, 0.3) is 0 Å². The number of carbonyl (C=O) groups excluding carboxylic acids is 1. The first-order valence-electron chi connectivity index (χ1n) is 6.83. The Balaban J connectivity index is 1.59. The monoisotopic (exact) mass is 224 g/mol. The van der Waals surface area contributed by atoms with Crippen molar-refractivity contribution in [3.63, 3.8) is 0 Å². The predicted molar refractivity (Wildman–Crippen MR) is 65.2 cm³/mol. The Kier molecular flexibility index (Phi) is 4.08. The molecule has 0 spiro atoms. The van der Waals surface area contributed by atoms with Gasteiger partial charge >= 0.3 is 6.03 Å². The largest absolute Gasteiger partial charge is 0.338 e. The molecule has 2 rings (SSSR count). The summed E-state index contributed by atoms with van der Waals surface area (Å²) in [5.74, 6) is 2.61. The molecule has 0 heterocycles. The second-order valence-electron chi connectivity index (χ2n) is 5.33. The molecule has 92 valence electrons. The maximum atomic E-state index is 11.5. The minimum Gasteiger partial charge on any atom is -0.338 e. The van der Waals surface area contributed by atoms with Gasteiger partial charge in [0.2, 0.25) is 0 Å². The molecule has 0 radical (unpaired) electrons. The SMILES string of the molecule is CCCCNC(=O)NCC(C1CC1)C1CC1. The van der Waals surface area contributed by atoms with Gasteiger partial charge in [-0.25, -0.2) is 4.79 Å². The molecule has 2 N–H and O–H groups in total. The number of unbranched alkanes of at least 4 members (excludes halogenated alkanes) is 1. The molecule has 0 aliphatic heterocycles. The van der Waals surface area contributed by atoms with Crippen molar-refractivity contribution in [1.29, 1.82) is 0 Å². The number of hydrogen-bond acceptors (Lipinski definition) is 1. The zero-order chi connectivity index (χ0) is 11.4. The van der Waals surface area contributed by atoms with Gasteiger partial charge < -0.3 is 10.6 Å². The molecule has 3 heteroatoms. The third kappa shape index (κ3) is 3.69. The van der Waals surface area contributed by atoms with E-state index in [2.05, 4.69) is 17.6 Å². The van der Waals surface area contributed by atoms with Gasteiger partial charge in [-0.15, -0.1) is 0 Å². The van der Waals surface area contributed by atoms with Gasteiger partial charge in [0.15, 0.2) is 0 Å². The lowest BCUT2D eigenvalue weighted by molar-refractivity contribution is 0.236. The second-order valence-corrected chi connectivity index (χ2v) is 5.33. The van der Waals surface area contributed by atoms with Gasteiger partial charge in [0.1, 0.15) is 0 Å². The van der Waals surface area contributed by atoms with E-state index in [0.717, 1.165) is 43.7 Å². The van der Waals surface area contributed by atoms with E-state index in [-0.39, 0.29) is 6.03 Å². The minimum atomic E-state index is 0.0275. The van der Waals surface area contributed by atoms with Gasteiger partial charge in [-0.3, -0.25) is 0 Å². The molecule has 16 heavy (non-hydrogen) atoms. The molecule has 2 amide bonds. The van der Waals surface area contributed by atoms with Crippen molar-refractivity contribution in [2.24, 2.45) is 17.8 Å². The molecule has 3 nitrogen and oxygen atoms in total. The van der Waals surface area contributed by atoms with Crippen LogP contribution in [-0.4, -0.2) is 19.1 Å². The molecule has 0 aromatic heterocycles. The van der Waals surface area contributed by atoms with Gasteiger partial charge in [0.05, 0.1) is 0 Å². The molecule has 0 bridgehead atoms. The smallest absolute Gasteiger partial charge is 0.314 e. The van der Waals surface area contributed by atoms with Crippen LogP contribution in [-0.2, 0) is 0 Å². The van der Waals surface area contributed by atoms with Gasteiger partial charge in [-0.2, -0.15) is 0 Å². The van der Waals surface area contributed by atoms with Gasteiger partial charge in [-0.05, 0) is 49.9 Å². The lowest BCUT2D eigenvalue weighted by atomic mass is 9.98. The highest BCUT2D eigenvalue weighted by Crippen LogP contribution is 2.48. The molecule has 2 aliphatic carbocycles. The van der Waals surface area contributed by atoms with Crippen LogP contribution in [0.1, 0.15) is 45.4 Å². The molecule has 2 aliphatic rings. The summed E-state index contributed by atoms with van der Waals surface area (Å²) in [6.45, 7) is 3.84. The van der Waals surface area contributed by atoms with E-state index in [1.54, 1.807) is 0 Å². The zero-order valence-electron chi connectivity index (χ0n) is 10.3. The first kappa shape index (κ1) is 11.7. The number of rotatable bonds is 7. The number of urea groups is 1. The molecule has 0 aromatic carbocycles. The number of hydrogen-bond donors (Lipinski definition) is 2. The van der Waals surface area contributed by atoms with Gasteiger partial charge in [0, 0.05) is 13.1 Å². The van der Waals surface area contributed by atoms with Crippen LogP contribution in [0.15, 0.2) is 0 Å². The summed E-state index contributed by atoms with van der Waals surface area (Å²) in [6, 6.07) is 0.0275. The van der Waals surface area contributed by atoms with Crippen molar-refractivity contribution >= 4 is 6.03 Å². The van der Waals surface area contributed by atoms with Gasteiger partial charge in [-0.1, -0.05) is 13.3 Å². The Bertz CT molecular complexity index is 222. The van der Waals surface area contributed by atoms with Crippen molar-refractivity contribution in [1.82, 2.24) is 10.6 Å². The molecular formula is C13H24N2O. The Morgan fingerprint density at radius 1 is 1.19 bits per heavy atom. The van der Waals surface area contributed by atoms with Crippen LogP contribution in [0.4, 0.5) is 4.79 Å². The van der Waals surface area contributed by atoms with Crippen LogP contribution in [0.2, 0.25) is 0 Å². The summed E-state index contributed by atoms with van der Waals surface area (Å²) >= 11 is 0. The summed E-state index contributed by atoms with van der Waals surface area (Å²) < 4.78 is 0. The Morgan fingerprint density at radius 3 is 2.31 bits per heavy atom. The first-order valence-corrected chi connectivity index (χ1v) is 6.83. The topological polar surface area (TPSA) is 41.1 Å². The van der Waals surface area contributed by atoms with Crippen molar-refractivity contribution < 1.29 is 4.79 Å². The first-order chi connectivity index (χ1) is 7.81. The Morgan fingerprint density at radius 2 is 1.81 bits per heavy atom. The summed E-state index contributed by atoms with van der Waals surface area (Å²) in [4.78, 5) is 11.5. The van der Waals surface area contributed by atoms with E-state index < -0.39 is 0 Å². The average molecular weight is 224 g/mol. The number of carbonyl (C=O) groups is 1. The van der Waals surface area contributed by atoms with Crippen LogP contribution < -0.4 is 10.6 Å². The Labute approximate surface area is 98.4 Å². The van der Waals surface area contributed by atoms with E-state index in [9.17, 15) is 4.79 Å². The fourth-order valence-electron chi connectivity index (χ4n) is 2.42. The van der Waals surface area contributed by atoms with Crippen LogP contribution in [0.5, 0.6) is 0 Å². The Hall–Kier alpha value is -0.730. The number of nitrogens with one attached hydrogen (secondary N) is 2. The normalized spacial score (nSPS) is 19.9. The molecule has 0 unspecified atom stereocenters. The van der Waals surface area contributed by atoms with E-state index in [1.165, 1.54) is 25.7 Å². The van der Waals surface area contributed by atoms with E-state index in [1.807, 2.05) is 0 Å². The fraction of sp³-hybridized carbons (Fsp3) is 0.923. The maximum Gasteiger partial charge on any atom is 0.314 e. The lowest BCUT2D eigenvalue weighted by Gasteiger charge is -2.16. The predicted octanol–water partition coefficient (Wildman–Crippen LogP) is 2.52. The minimum absolute atomic E-state index is 0.0275. The highest BCUT2D eigenvalue weighted by Gasteiger charge is 2.41. The molecule has 0 atom stereocenters. The van der Waals surface area contributed by atoms with E-state index in [0.29, 0.717) is 0 Å². The van der Waals surface area contributed by atoms with Crippen molar-refractivity contribution in [2.45, 2.75) is 45.4 Å². The zero-order valence-corrected chi connectivity index (χ0v) is 10.3. The third-order valence-corrected chi connectivity index (χ3v) is 3.77. The average Bonchev–Trinajstić information content (AvgIpc) is 3.13. The number of amides is 2. The quantitative estimate of drug-likeness (QED) is 0.641. The van der Waals surface area contributed by atoms with Crippen molar-refractivity contribution in [3.8, 4) is 0 Å². The molecule has 2 fully saturated rings. The molecule has 2 saturated carbocycles. The fourth-order valence-corrected chi connectivity index (χ4v) is 2.42. The standard InChI is InChI=1S/C13H24N2O/c1-2-3-8-14-13(16)15-9-12(10-4-5-10)11-6-7-11/h10-12H,2-9H2,1H3,(H2,14,15,16). The maximum absolute atomic E-state index is 11.5. The van der Waals surface area contributed by atoms with Crippen LogP contribution >= 0.6 is 0 Å². The van der Waals surface area contributed by atoms with Crippen LogP contribution in [0.3, 0.4) is 0 Å². The summed E-state index contributed by atoms with van der Waals surface area (Å²) in [7, 11) is 0. The second kappa shape index (κ2) is 5.55. The summed E-state index contributed by atoms with van der Waals surface area (Å²) in [5.41, 5.74) is 0. The molecule has 0 saturated heterocycles. The molecular weight excluding hydrogens is 200 g/mol. The lowest BCUT2D eigenvalue weighted by Crippen LogP contribution is -2.39. The van der Waals surface area contributed by atoms with E-state index in [4.69, 9.17) is 0 Å². The van der Waals surface area contributed by atoms with Crippen molar-refractivity contribution in [2.75, 3.05) is 13.1 Å². The van der Waals surface area contributed by atoms with Crippen LogP contribution in [0, 0.1) is 17.8 Å². The summed E-state index contributed by atoms with van der Waals surface area (Å²) in [5, 5.41) is 5.94.